The van der Waals surface area contributed by atoms with Crippen molar-refractivity contribution in [3.8, 4) is 5.75 Å². The van der Waals surface area contributed by atoms with E-state index < -0.39 is 0 Å². The standard InChI is InChI=1S/C14H20BrNO/c1-10-2-5-13(6-3-10)16-9-11-8-12(15)4-7-14(11)17/h4,7-8,10,13,16-17H,2-3,5-6,9H2,1H3. The fourth-order valence-corrected chi connectivity index (χ4v) is 2.82. The zero-order valence-corrected chi connectivity index (χ0v) is 11.8. The van der Waals surface area contributed by atoms with Gasteiger partial charge in [-0.1, -0.05) is 22.9 Å². The Morgan fingerprint density at radius 1 is 1.29 bits per heavy atom. The normalized spacial score (nSPS) is 24.8. The van der Waals surface area contributed by atoms with Gasteiger partial charge in [0.25, 0.3) is 0 Å². The Kier molecular flexibility index (Phi) is 4.46. The lowest BCUT2D eigenvalue weighted by atomic mass is 9.87. The van der Waals surface area contributed by atoms with E-state index in [1.165, 1.54) is 25.7 Å². The summed E-state index contributed by atoms with van der Waals surface area (Å²) in [6, 6.07) is 6.20. The first-order chi connectivity index (χ1) is 8.15. The van der Waals surface area contributed by atoms with Crippen LogP contribution < -0.4 is 5.32 Å². The minimum absolute atomic E-state index is 0.380. The molecule has 0 amide bonds. The van der Waals surface area contributed by atoms with Crippen molar-refractivity contribution in [3.05, 3.63) is 28.2 Å². The molecule has 1 aliphatic carbocycles. The number of phenols is 1. The number of phenolic OH excluding ortho intramolecular Hbond substituents is 1. The van der Waals surface area contributed by atoms with E-state index in [9.17, 15) is 5.11 Å². The quantitative estimate of drug-likeness (QED) is 0.889. The molecule has 0 atom stereocenters. The van der Waals surface area contributed by atoms with Crippen LogP contribution in [0.5, 0.6) is 5.75 Å². The number of halogens is 1. The molecule has 1 saturated carbocycles. The first-order valence-corrected chi connectivity index (χ1v) is 7.15. The second kappa shape index (κ2) is 5.87. The first kappa shape index (κ1) is 12.9. The number of rotatable bonds is 3. The third-order valence-corrected chi connectivity index (χ3v) is 4.13. The number of nitrogens with one attached hydrogen (secondary N) is 1. The Bertz CT molecular complexity index is 372. The highest BCUT2D eigenvalue weighted by Crippen LogP contribution is 2.25. The third-order valence-electron chi connectivity index (χ3n) is 3.64. The molecule has 1 aliphatic rings. The van der Waals surface area contributed by atoms with Crippen molar-refractivity contribution < 1.29 is 5.11 Å². The summed E-state index contributed by atoms with van der Waals surface area (Å²) in [4.78, 5) is 0. The van der Waals surface area contributed by atoms with E-state index in [-0.39, 0.29) is 0 Å². The minimum Gasteiger partial charge on any atom is -0.508 e. The van der Waals surface area contributed by atoms with Crippen LogP contribution in [-0.4, -0.2) is 11.1 Å². The molecule has 2 N–H and O–H groups in total. The van der Waals surface area contributed by atoms with Crippen LogP contribution in [-0.2, 0) is 6.54 Å². The summed E-state index contributed by atoms with van der Waals surface area (Å²) in [6.07, 6.45) is 5.16. The predicted octanol–water partition coefficient (Wildman–Crippen LogP) is 3.82. The highest BCUT2D eigenvalue weighted by molar-refractivity contribution is 9.10. The third kappa shape index (κ3) is 3.71. The maximum absolute atomic E-state index is 9.75. The monoisotopic (exact) mass is 297 g/mol. The zero-order valence-electron chi connectivity index (χ0n) is 10.2. The van der Waals surface area contributed by atoms with Crippen LogP contribution >= 0.6 is 15.9 Å². The van der Waals surface area contributed by atoms with Crippen molar-refractivity contribution >= 4 is 15.9 Å². The lowest BCUT2D eigenvalue weighted by Gasteiger charge is -2.27. The Morgan fingerprint density at radius 3 is 2.71 bits per heavy atom. The van der Waals surface area contributed by atoms with Crippen LogP contribution in [0.25, 0.3) is 0 Å². The molecule has 2 rings (SSSR count). The minimum atomic E-state index is 0.380. The summed E-state index contributed by atoms with van der Waals surface area (Å²) in [5, 5.41) is 13.3. The molecule has 0 bridgehead atoms. The lowest BCUT2D eigenvalue weighted by molar-refractivity contribution is 0.305. The van der Waals surface area contributed by atoms with Crippen LogP contribution in [0.4, 0.5) is 0 Å². The number of hydrogen-bond donors (Lipinski definition) is 2. The molecule has 1 aromatic rings. The van der Waals surface area contributed by atoms with E-state index in [4.69, 9.17) is 0 Å². The molecule has 94 valence electrons. The molecule has 0 aliphatic heterocycles. The summed E-state index contributed by atoms with van der Waals surface area (Å²) >= 11 is 3.43. The van der Waals surface area contributed by atoms with E-state index in [0.717, 1.165) is 22.5 Å². The van der Waals surface area contributed by atoms with Gasteiger partial charge in [-0.2, -0.15) is 0 Å². The van der Waals surface area contributed by atoms with Gasteiger partial charge in [-0.25, -0.2) is 0 Å². The van der Waals surface area contributed by atoms with Crippen molar-refractivity contribution in [2.75, 3.05) is 0 Å². The second-order valence-corrected chi connectivity index (χ2v) is 6.03. The van der Waals surface area contributed by atoms with Gasteiger partial charge in [0.15, 0.2) is 0 Å². The molecule has 1 aromatic carbocycles. The zero-order chi connectivity index (χ0) is 12.3. The fourth-order valence-electron chi connectivity index (χ4n) is 2.41. The van der Waals surface area contributed by atoms with Gasteiger partial charge >= 0.3 is 0 Å². The maximum atomic E-state index is 9.75. The summed E-state index contributed by atoms with van der Waals surface area (Å²) in [7, 11) is 0. The molecule has 17 heavy (non-hydrogen) atoms. The van der Waals surface area contributed by atoms with E-state index in [0.29, 0.717) is 11.8 Å². The van der Waals surface area contributed by atoms with Gasteiger partial charge in [-0.3, -0.25) is 0 Å². The van der Waals surface area contributed by atoms with Gasteiger partial charge < -0.3 is 10.4 Å². The molecule has 0 unspecified atom stereocenters. The fraction of sp³-hybridized carbons (Fsp3) is 0.571. The maximum Gasteiger partial charge on any atom is 0.120 e. The van der Waals surface area contributed by atoms with Gasteiger partial charge in [0.1, 0.15) is 5.75 Å². The Morgan fingerprint density at radius 2 is 2.00 bits per heavy atom. The van der Waals surface area contributed by atoms with Gasteiger partial charge in [0, 0.05) is 22.6 Å². The van der Waals surface area contributed by atoms with Crippen molar-refractivity contribution in [1.29, 1.82) is 0 Å². The first-order valence-electron chi connectivity index (χ1n) is 6.36. The molecule has 0 radical (unpaired) electrons. The van der Waals surface area contributed by atoms with Gasteiger partial charge in [0.2, 0.25) is 0 Å². The Balaban J connectivity index is 1.87. The topological polar surface area (TPSA) is 32.3 Å². The number of hydrogen-bond acceptors (Lipinski definition) is 2. The lowest BCUT2D eigenvalue weighted by Crippen LogP contribution is -2.32. The second-order valence-electron chi connectivity index (χ2n) is 5.11. The predicted molar refractivity (Wildman–Crippen MR) is 74.1 cm³/mol. The summed E-state index contributed by atoms with van der Waals surface area (Å²) in [6.45, 7) is 3.08. The molecule has 0 heterocycles. The summed E-state index contributed by atoms with van der Waals surface area (Å²) in [5.41, 5.74) is 0.970. The van der Waals surface area contributed by atoms with Gasteiger partial charge in [-0.05, 0) is 49.8 Å². The largest absolute Gasteiger partial charge is 0.508 e. The Labute approximate surface area is 112 Å². The van der Waals surface area contributed by atoms with E-state index in [2.05, 4.69) is 28.2 Å². The average Bonchev–Trinajstić information content (AvgIpc) is 2.32. The van der Waals surface area contributed by atoms with E-state index >= 15 is 0 Å². The molecule has 1 fully saturated rings. The molecule has 0 saturated heterocycles. The summed E-state index contributed by atoms with van der Waals surface area (Å²) in [5.74, 6) is 1.26. The van der Waals surface area contributed by atoms with Gasteiger partial charge in [0.05, 0.1) is 0 Å². The molecule has 3 heteroatoms. The number of aromatic hydroxyl groups is 1. The van der Waals surface area contributed by atoms with Crippen LogP contribution in [0.3, 0.4) is 0 Å². The highest BCUT2D eigenvalue weighted by Gasteiger charge is 2.17. The molecule has 2 nitrogen and oxygen atoms in total. The van der Waals surface area contributed by atoms with Crippen LogP contribution in [0.15, 0.2) is 22.7 Å². The number of benzene rings is 1. The highest BCUT2D eigenvalue weighted by atomic mass is 79.9. The molecular formula is C14H20BrNO. The molecular weight excluding hydrogens is 278 g/mol. The smallest absolute Gasteiger partial charge is 0.120 e. The van der Waals surface area contributed by atoms with Crippen molar-refractivity contribution in [2.45, 2.75) is 45.2 Å². The molecule has 0 spiro atoms. The van der Waals surface area contributed by atoms with Crippen molar-refractivity contribution in [1.82, 2.24) is 5.32 Å². The summed E-state index contributed by atoms with van der Waals surface area (Å²) < 4.78 is 1.02. The van der Waals surface area contributed by atoms with Gasteiger partial charge in [-0.15, -0.1) is 0 Å². The van der Waals surface area contributed by atoms with Crippen LogP contribution in [0.2, 0.25) is 0 Å². The van der Waals surface area contributed by atoms with Crippen molar-refractivity contribution in [2.24, 2.45) is 5.92 Å². The van der Waals surface area contributed by atoms with E-state index in [1.807, 2.05) is 12.1 Å². The van der Waals surface area contributed by atoms with E-state index in [1.54, 1.807) is 6.07 Å². The van der Waals surface area contributed by atoms with Crippen LogP contribution in [0, 0.1) is 5.92 Å². The van der Waals surface area contributed by atoms with Crippen molar-refractivity contribution in [3.63, 3.8) is 0 Å². The molecule has 0 aromatic heterocycles. The average molecular weight is 298 g/mol. The Hall–Kier alpha value is -0.540. The van der Waals surface area contributed by atoms with Crippen LogP contribution in [0.1, 0.15) is 38.2 Å². The SMILES string of the molecule is CC1CCC(NCc2cc(Br)ccc2O)CC1.